The summed E-state index contributed by atoms with van der Waals surface area (Å²) < 4.78 is 11.1. The standard InChI is InChI=1S/C22H28N2O3/c1-26-16-6-3-5-14-17(16)23-22-9-8-20(13-15(22)18(25)27-2)7-4-11-24-12-10-21(14,22)19(20)24/h3,5-6,15,19,23H,4,7-13H2,1-2H3/t15-,19-,20+,21+,22+/m0/s1. The topological polar surface area (TPSA) is 50.8 Å². The minimum absolute atomic E-state index is 0.00729. The number of esters is 1. The third-order valence-electron chi connectivity index (χ3n) is 8.90. The van der Waals surface area contributed by atoms with E-state index in [1.165, 1.54) is 31.4 Å². The molecule has 5 fully saturated rings. The summed E-state index contributed by atoms with van der Waals surface area (Å²) in [5.41, 5.74) is 2.51. The molecule has 0 aromatic heterocycles. The first kappa shape index (κ1) is 16.2. The van der Waals surface area contributed by atoms with Gasteiger partial charge >= 0.3 is 5.97 Å². The Morgan fingerprint density at radius 2 is 2.07 bits per heavy atom. The molecule has 3 aliphatic carbocycles. The molecule has 0 unspecified atom stereocenters. The van der Waals surface area contributed by atoms with Gasteiger partial charge in [-0.05, 0) is 68.7 Å². The number of methoxy groups -OCH3 is 2. The van der Waals surface area contributed by atoms with Gasteiger partial charge in [0.15, 0.2) is 0 Å². The number of para-hydroxylation sites is 1. The number of nitrogens with zero attached hydrogens (tertiary/aromatic N) is 1. The fourth-order valence-corrected chi connectivity index (χ4v) is 8.23. The number of carbonyl (C=O) groups is 1. The van der Waals surface area contributed by atoms with Crippen LogP contribution in [-0.2, 0) is 14.9 Å². The van der Waals surface area contributed by atoms with Crippen LogP contribution in [0, 0.1) is 11.3 Å². The van der Waals surface area contributed by atoms with Gasteiger partial charge in [-0.1, -0.05) is 12.1 Å². The highest BCUT2D eigenvalue weighted by molar-refractivity contribution is 5.82. The van der Waals surface area contributed by atoms with Gasteiger partial charge in [-0.3, -0.25) is 9.69 Å². The molecule has 144 valence electrons. The van der Waals surface area contributed by atoms with Crippen molar-refractivity contribution >= 4 is 11.7 Å². The van der Waals surface area contributed by atoms with Crippen molar-refractivity contribution in [2.75, 3.05) is 32.6 Å². The summed E-state index contributed by atoms with van der Waals surface area (Å²) in [5.74, 6) is 0.791. The largest absolute Gasteiger partial charge is 0.495 e. The first-order valence-corrected chi connectivity index (χ1v) is 10.4. The smallest absolute Gasteiger partial charge is 0.311 e. The number of anilines is 1. The molecule has 27 heavy (non-hydrogen) atoms. The van der Waals surface area contributed by atoms with E-state index in [1.54, 1.807) is 14.2 Å². The SMILES string of the molecule is COC(=O)[C@@H]1C[C@@]23CCCN4CC[C@@]5(c6cccc(OC)c6N[C@]15CC2)[C@@H]43. The molecule has 3 spiro atoms. The second kappa shape index (κ2) is 4.99. The van der Waals surface area contributed by atoms with Crippen LogP contribution in [0.3, 0.4) is 0 Å². The second-order valence-electron chi connectivity index (χ2n) is 9.38. The Morgan fingerprint density at radius 3 is 2.89 bits per heavy atom. The van der Waals surface area contributed by atoms with Crippen molar-refractivity contribution in [3.8, 4) is 5.75 Å². The third-order valence-corrected chi connectivity index (χ3v) is 8.90. The number of benzene rings is 1. The van der Waals surface area contributed by atoms with Crippen LogP contribution < -0.4 is 10.1 Å². The van der Waals surface area contributed by atoms with Crippen LogP contribution in [0.15, 0.2) is 18.2 Å². The molecular formula is C22H28N2O3. The monoisotopic (exact) mass is 368 g/mol. The van der Waals surface area contributed by atoms with Crippen molar-refractivity contribution in [1.29, 1.82) is 0 Å². The van der Waals surface area contributed by atoms with Gasteiger partial charge in [0.25, 0.3) is 0 Å². The molecule has 1 aromatic carbocycles. The second-order valence-corrected chi connectivity index (χ2v) is 9.38. The van der Waals surface area contributed by atoms with E-state index in [-0.39, 0.29) is 28.3 Å². The first-order chi connectivity index (χ1) is 13.1. The fourth-order valence-electron chi connectivity index (χ4n) is 8.23. The summed E-state index contributed by atoms with van der Waals surface area (Å²) in [4.78, 5) is 15.8. The number of rotatable bonds is 2. The number of ether oxygens (including phenoxy) is 2. The summed E-state index contributed by atoms with van der Waals surface area (Å²) in [7, 11) is 3.29. The van der Waals surface area contributed by atoms with Crippen molar-refractivity contribution in [3.05, 3.63) is 23.8 Å². The highest BCUT2D eigenvalue weighted by Gasteiger charge is 2.79. The maximum Gasteiger partial charge on any atom is 0.311 e. The number of nitrogens with one attached hydrogen (secondary N) is 1. The zero-order valence-electron chi connectivity index (χ0n) is 16.2. The van der Waals surface area contributed by atoms with Gasteiger partial charge in [0.2, 0.25) is 0 Å². The van der Waals surface area contributed by atoms with Crippen LogP contribution in [0.1, 0.15) is 44.1 Å². The van der Waals surface area contributed by atoms with E-state index in [1.807, 2.05) is 6.07 Å². The van der Waals surface area contributed by atoms with E-state index in [2.05, 4.69) is 22.3 Å². The Morgan fingerprint density at radius 1 is 1.19 bits per heavy atom. The van der Waals surface area contributed by atoms with Crippen LogP contribution >= 0.6 is 0 Å². The molecule has 1 aromatic rings. The molecule has 3 saturated carbocycles. The molecule has 0 amide bonds. The summed E-state index contributed by atoms with van der Waals surface area (Å²) in [6.45, 7) is 2.34. The van der Waals surface area contributed by atoms with Crippen LogP contribution in [-0.4, -0.2) is 49.8 Å². The first-order valence-electron chi connectivity index (χ1n) is 10.4. The molecule has 2 bridgehead atoms. The lowest BCUT2D eigenvalue weighted by molar-refractivity contribution is -0.171. The van der Waals surface area contributed by atoms with Gasteiger partial charge in [0.05, 0.1) is 31.4 Å². The minimum Gasteiger partial charge on any atom is -0.495 e. The molecule has 5 atom stereocenters. The van der Waals surface area contributed by atoms with Crippen molar-refractivity contribution in [1.82, 2.24) is 4.90 Å². The number of hydrogen-bond acceptors (Lipinski definition) is 5. The molecule has 7 rings (SSSR count). The quantitative estimate of drug-likeness (QED) is 0.814. The molecule has 3 heterocycles. The lowest BCUT2D eigenvalue weighted by Gasteiger charge is -2.69. The third kappa shape index (κ3) is 1.58. The van der Waals surface area contributed by atoms with Gasteiger partial charge in [-0.15, -0.1) is 0 Å². The van der Waals surface area contributed by atoms with Gasteiger partial charge in [-0.2, -0.15) is 0 Å². The van der Waals surface area contributed by atoms with Gasteiger partial charge < -0.3 is 14.8 Å². The molecular weight excluding hydrogens is 340 g/mol. The fraction of sp³-hybridized carbons (Fsp3) is 0.682. The summed E-state index contributed by atoms with van der Waals surface area (Å²) in [6.07, 6.45) is 6.86. The molecule has 2 saturated heterocycles. The maximum atomic E-state index is 13.0. The van der Waals surface area contributed by atoms with Crippen LogP contribution in [0.4, 0.5) is 5.69 Å². The minimum atomic E-state index is -0.241. The highest BCUT2D eigenvalue weighted by Crippen LogP contribution is 2.74. The number of fused-ring (bicyclic) bond motifs is 3. The Kier molecular flexibility index (Phi) is 3.00. The Labute approximate surface area is 160 Å². The van der Waals surface area contributed by atoms with Crippen molar-refractivity contribution in [3.63, 3.8) is 0 Å². The normalized spacial score (nSPS) is 43.5. The zero-order valence-corrected chi connectivity index (χ0v) is 16.2. The molecule has 5 heteroatoms. The summed E-state index contributed by atoms with van der Waals surface area (Å²) in [6, 6.07) is 7.00. The number of carbonyl (C=O) groups excluding carboxylic acids is 1. The predicted octanol–water partition coefficient (Wildman–Crippen LogP) is 2.94. The molecule has 5 nitrogen and oxygen atoms in total. The summed E-state index contributed by atoms with van der Waals surface area (Å²) in [5, 5.41) is 3.92. The Bertz CT molecular complexity index is 841. The highest BCUT2D eigenvalue weighted by atomic mass is 16.5. The lowest BCUT2D eigenvalue weighted by Crippen LogP contribution is -2.76. The molecule has 0 radical (unpaired) electrons. The lowest BCUT2D eigenvalue weighted by atomic mass is 9.39. The van der Waals surface area contributed by atoms with Crippen molar-refractivity contribution in [2.45, 2.75) is 55.5 Å². The Balaban J connectivity index is 1.65. The van der Waals surface area contributed by atoms with E-state index < -0.39 is 0 Å². The molecule has 6 aliphatic rings. The van der Waals surface area contributed by atoms with Crippen LogP contribution in [0.2, 0.25) is 0 Å². The van der Waals surface area contributed by atoms with Crippen LogP contribution in [0.5, 0.6) is 5.75 Å². The average Bonchev–Trinajstić information content (AvgIpc) is 3.25. The Hall–Kier alpha value is -1.75. The van der Waals surface area contributed by atoms with Crippen LogP contribution in [0.25, 0.3) is 0 Å². The van der Waals surface area contributed by atoms with E-state index in [0.29, 0.717) is 6.04 Å². The van der Waals surface area contributed by atoms with Gasteiger partial charge in [0, 0.05) is 11.5 Å². The summed E-state index contributed by atoms with van der Waals surface area (Å²) >= 11 is 0. The van der Waals surface area contributed by atoms with Gasteiger partial charge in [-0.25, -0.2) is 0 Å². The van der Waals surface area contributed by atoms with E-state index in [9.17, 15) is 4.79 Å². The van der Waals surface area contributed by atoms with Gasteiger partial charge in [0.1, 0.15) is 5.75 Å². The van der Waals surface area contributed by atoms with Crippen molar-refractivity contribution in [2.24, 2.45) is 11.3 Å². The van der Waals surface area contributed by atoms with E-state index >= 15 is 0 Å². The maximum absolute atomic E-state index is 13.0. The average molecular weight is 368 g/mol. The predicted molar refractivity (Wildman–Crippen MR) is 102 cm³/mol. The van der Waals surface area contributed by atoms with Crippen molar-refractivity contribution < 1.29 is 14.3 Å². The zero-order chi connectivity index (χ0) is 18.4. The van der Waals surface area contributed by atoms with E-state index in [0.717, 1.165) is 37.2 Å². The number of piperidine rings is 1. The molecule has 1 N–H and O–H groups in total. The number of hydrogen-bond donors (Lipinski definition) is 1. The molecule has 3 aliphatic heterocycles. The van der Waals surface area contributed by atoms with E-state index in [4.69, 9.17) is 9.47 Å².